The van der Waals surface area contributed by atoms with Crippen molar-refractivity contribution < 1.29 is 9.53 Å². The molecule has 12 heteroatoms. The predicted octanol–water partition coefficient (Wildman–Crippen LogP) is 3.50. The number of rotatable bonds is 6. The van der Waals surface area contributed by atoms with Gasteiger partial charge in [-0.05, 0) is 43.7 Å². The molecule has 0 radical (unpaired) electrons. The number of anilines is 1. The van der Waals surface area contributed by atoms with Gasteiger partial charge in [0.2, 0.25) is 5.88 Å². The molecule has 5 aromatic rings. The van der Waals surface area contributed by atoms with E-state index in [2.05, 4.69) is 38.4 Å². The van der Waals surface area contributed by atoms with Crippen molar-refractivity contribution in [3.05, 3.63) is 72.7 Å². The van der Waals surface area contributed by atoms with Crippen LogP contribution >= 0.6 is 0 Å². The molecular formula is C31H30N10O2. The molecular weight excluding hydrogens is 544 g/mol. The molecule has 216 valence electrons. The number of nitriles is 1. The normalized spacial score (nSPS) is 21.1. The van der Waals surface area contributed by atoms with Crippen LogP contribution in [0, 0.1) is 23.2 Å². The largest absolute Gasteiger partial charge is 0.481 e. The molecule has 2 aliphatic rings. The summed E-state index contributed by atoms with van der Waals surface area (Å²) in [6, 6.07) is 7.62. The number of hydrogen-bond acceptors (Lipinski definition) is 9. The molecule has 1 aliphatic heterocycles. The Hall–Kier alpha value is -5.31. The van der Waals surface area contributed by atoms with Crippen molar-refractivity contribution in [1.29, 1.82) is 5.26 Å². The SMILES string of the molecule is COc1cc(C(=O)NC2(C)C[C@H]3CN(c4cnc(-c5cc(-c6cnn(C)c6)cn6ncc(C#N)c56)cn4)C[C@H]3C2)ccn1. The first-order valence-corrected chi connectivity index (χ1v) is 14.1. The third-order valence-electron chi connectivity index (χ3n) is 8.63. The van der Waals surface area contributed by atoms with Gasteiger partial charge in [0, 0.05) is 72.6 Å². The van der Waals surface area contributed by atoms with Crippen LogP contribution in [-0.2, 0) is 7.05 Å². The molecule has 0 spiro atoms. The zero-order chi connectivity index (χ0) is 29.7. The molecule has 43 heavy (non-hydrogen) atoms. The Bertz CT molecular complexity index is 1870. The van der Waals surface area contributed by atoms with Crippen LogP contribution < -0.4 is 15.0 Å². The number of pyridine rings is 2. The Morgan fingerprint density at radius 3 is 2.53 bits per heavy atom. The third-order valence-corrected chi connectivity index (χ3v) is 8.63. The minimum Gasteiger partial charge on any atom is -0.481 e. The molecule has 6 heterocycles. The highest BCUT2D eigenvalue weighted by Gasteiger charge is 2.47. The number of aryl methyl sites for hydroxylation is 1. The predicted molar refractivity (Wildman–Crippen MR) is 158 cm³/mol. The maximum atomic E-state index is 13.0. The molecule has 1 amide bonds. The summed E-state index contributed by atoms with van der Waals surface area (Å²) < 4.78 is 8.63. The molecule has 0 aromatic carbocycles. The van der Waals surface area contributed by atoms with Gasteiger partial charge in [-0.1, -0.05) is 0 Å². The quantitative estimate of drug-likeness (QED) is 0.323. The number of methoxy groups -OCH3 is 1. The lowest BCUT2D eigenvalue weighted by molar-refractivity contribution is 0.0904. The number of nitrogens with zero attached hydrogens (tertiary/aromatic N) is 9. The van der Waals surface area contributed by atoms with E-state index in [-0.39, 0.29) is 11.4 Å². The van der Waals surface area contributed by atoms with Crippen LogP contribution in [0.1, 0.15) is 35.7 Å². The average Bonchev–Trinajstić information content (AvgIpc) is 3.79. The molecule has 0 bridgehead atoms. The minimum atomic E-state index is -0.279. The standard InChI is InChI=1S/C31H30N10O2/c1-31(38-30(42)19-4-5-33-28(7-19)43-3)8-21-16-40(17-22(21)9-31)27-14-34-26(13-35-27)25-6-20(24-12-36-39(2)15-24)18-41-29(25)23(10-32)11-37-41/h4-7,11-15,18,21-22H,8-9,16-17H2,1-3H3,(H,38,42)/t21-,22+,31?. The van der Waals surface area contributed by atoms with E-state index < -0.39 is 0 Å². The van der Waals surface area contributed by atoms with Gasteiger partial charge in [0.15, 0.2) is 0 Å². The van der Waals surface area contributed by atoms with Crippen molar-refractivity contribution in [3.63, 3.8) is 0 Å². The lowest BCUT2D eigenvalue weighted by Crippen LogP contribution is -2.45. The molecule has 1 unspecified atom stereocenters. The van der Waals surface area contributed by atoms with Crippen molar-refractivity contribution in [1.82, 2.24) is 39.7 Å². The third kappa shape index (κ3) is 4.82. The minimum absolute atomic E-state index is 0.110. The maximum Gasteiger partial charge on any atom is 0.251 e. The van der Waals surface area contributed by atoms with Crippen molar-refractivity contribution in [2.24, 2.45) is 18.9 Å². The zero-order valence-electron chi connectivity index (χ0n) is 24.1. The van der Waals surface area contributed by atoms with Crippen LogP contribution in [0.25, 0.3) is 27.9 Å². The number of hydrogen-bond donors (Lipinski definition) is 1. The van der Waals surface area contributed by atoms with Gasteiger partial charge in [-0.25, -0.2) is 14.5 Å². The Balaban J connectivity index is 1.08. The van der Waals surface area contributed by atoms with Crippen LogP contribution in [0.2, 0.25) is 0 Å². The highest BCUT2D eigenvalue weighted by molar-refractivity contribution is 5.95. The second-order valence-electron chi connectivity index (χ2n) is 11.7. The number of nitrogens with one attached hydrogen (secondary N) is 1. The topological polar surface area (TPSA) is 139 Å². The second-order valence-corrected chi connectivity index (χ2v) is 11.7. The first-order valence-electron chi connectivity index (χ1n) is 14.1. The zero-order valence-corrected chi connectivity index (χ0v) is 24.1. The van der Waals surface area contributed by atoms with E-state index in [1.165, 1.54) is 7.11 Å². The van der Waals surface area contributed by atoms with E-state index in [4.69, 9.17) is 14.7 Å². The van der Waals surface area contributed by atoms with Crippen LogP contribution in [-0.4, -0.2) is 66.0 Å². The van der Waals surface area contributed by atoms with E-state index in [1.54, 1.807) is 46.1 Å². The Kier molecular flexibility index (Phi) is 6.30. The first kappa shape index (κ1) is 26.6. The molecule has 1 saturated heterocycles. The summed E-state index contributed by atoms with van der Waals surface area (Å²) in [5.74, 6) is 2.02. The number of fused-ring (bicyclic) bond motifs is 2. The molecule has 3 atom stereocenters. The summed E-state index contributed by atoms with van der Waals surface area (Å²) in [4.78, 5) is 29.0. The van der Waals surface area contributed by atoms with Gasteiger partial charge in [-0.2, -0.15) is 15.5 Å². The van der Waals surface area contributed by atoms with Gasteiger partial charge >= 0.3 is 0 Å². The molecule has 7 rings (SSSR count). The maximum absolute atomic E-state index is 13.0. The molecule has 1 saturated carbocycles. The monoisotopic (exact) mass is 574 g/mol. The van der Waals surface area contributed by atoms with Crippen molar-refractivity contribution in [2.45, 2.75) is 25.3 Å². The fourth-order valence-corrected chi connectivity index (χ4v) is 6.69. The smallest absolute Gasteiger partial charge is 0.251 e. The summed E-state index contributed by atoms with van der Waals surface area (Å²) in [6.07, 6.45) is 14.2. The number of carbonyl (C=O) groups is 1. The fourth-order valence-electron chi connectivity index (χ4n) is 6.69. The van der Waals surface area contributed by atoms with Gasteiger partial charge in [0.05, 0.1) is 48.7 Å². The first-order chi connectivity index (χ1) is 20.8. The van der Waals surface area contributed by atoms with E-state index in [1.807, 2.05) is 31.7 Å². The van der Waals surface area contributed by atoms with E-state index >= 15 is 0 Å². The van der Waals surface area contributed by atoms with Crippen LogP contribution in [0.3, 0.4) is 0 Å². The van der Waals surface area contributed by atoms with Crippen molar-refractivity contribution >= 4 is 17.2 Å². The number of amides is 1. The summed E-state index contributed by atoms with van der Waals surface area (Å²) in [5.41, 5.74) is 4.74. The van der Waals surface area contributed by atoms with Crippen molar-refractivity contribution in [3.8, 4) is 34.3 Å². The van der Waals surface area contributed by atoms with Crippen LogP contribution in [0.5, 0.6) is 5.88 Å². The molecule has 1 N–H and O–H groups in total. The van der Waals surface area contributed by atoms with Crippen LogP contribution in [0.15, 0.2) is 61.6 Å². The Morgan fingerprint density at radius 1 is 1.05 bits per heavy atom. The average molecular weight is 575 g/mol. The molecule has 2 fully saturated rings. The number of ether oxygens (including phenoxy) is 1. The number of carbonyl (C=O) groups excluding carboxylic acids is 1. The van der Waals surface area contributed by atoms with Gasteiger partial charge in [-0.15, -0.1) is 0 Å². The van der Waals surface area contributed by atoms with E-state index in [0.717, 1.165) is 48.4 Å². The van der Waals surface area contributed by atoms with Gasteiger partial charge in [0.25, 0.3) is 5.91 Å². The highest BCUT2D eigenvalue weighted by Crippen LogP contribution is 2.45. The fraction of sp³-hybridized carbons (Fsp3) is 0.323. The van der Waals surface area contributed by atoms with E-state index in [9.17, 15) is 10.1 Å². The highest BCUT2D eigenvalue weighted by atomic mass is 16.5. The van der Waals surface area contributed by atoms with Crippen molar-refractivity contribution in [2.75, 3.05) is 25.1 Å². The Morgan fingerprint density at radius 2 is 1.86 bits per heavy atom. The van der Waals surface area contributed by atoms with Gasteiger partial charge in [0.1, 0.15) is 11.9 Å². The summed E-state index contributed by atoms with van der Waals surface area (Å²) in [6.45, 7) is 3.84. The summed E-state index contributed by atoms with van der Waals surface area (Å²) >= 11 is 0. The van der Waals surface area contributed by atoms with Gasteiger partial charge in [-0.3, -0.25) is 14.5 Å². The second kappa shape index (κ2) is 10.2. The van der Waals surface area contributed by atoms with Gasteiger partial charge < -0.3 is 15.0 Å². The van der Waals surface area contributed by atoms with E-state index in [0.29, 0.717) is 40.1 Å². The molecule has 1 aliphatic carbocycles. The molecule has 5 aromatic heterocycles. The number of aromatic nitrogens is 7. The summed E-state index contributed by atoms with van der Waals surface area (Å²) in [5, 5.41) is 21.7. The Labute approximate surface area is 248 Å². The summed E-state index contributed by atoms with van der Waals surface area (Å²) in [7, 11) is 3.41. The van der Waals surface area contributed by atoms with Crippen LogP contribution in [0.4, 0.5) is 5.82 Å². The lowest BCUT2D eigenvalue weighted by Gasteiger charge is -2.29. The molecule has 12 nitrogen and oxygen atoms in total. The lowest BCUT2D eigenvalue weighted by atomic mass is 9.97.